The first-order valence-electron chi connectivity index (χ1n) is 8.24. The number of pyridine rings is 1. The smallest absolute Gasteiger partial charge is 0.255 e. The number of benzene rings is 1. The zero-order valence-electron chi connectivity index (χ0n) is 13.5. The zero-order valence-corrected chi connectivity index (χ0v) is 15.0. The first kappa shape index (κ1) is 16.1. The summed E-state index contributed by atoms with van der Waals surface area (Å²) in [6.07, 6.45) is 4.71. The van der Waals surface area contributed by atoms with Gasteiger partial charge in [0, 0.05) is 47.7 Å². The van der Waals surface area contributed by atoms with Crippen LogP contribution >= 0.6 is 23.2 Å². The first-order valence-corrected chi connectivity index (χ1v) is 8.99. The van der Waals surface area contributed by atoms with E-state index in [1.54, 1.807) is 29.3 Å². The second kappa shape index (κ2) is 5.42. The number of rotatable bonds is 2. The molecule has 2 fully saturated rings. The molecular weight excluding hydrogens is 375 g/mol. The molecule has 26 heavy (non-hydrogen) atoms. The van der Waals surface area contributed by atoms with Crippen LogP contribution in [0.4, 0.5) is 0 Å². The molecule has 3 aromatic rings. The molecule has 3 atom stereocenters. The van der Waals surface area contributed by atoms with Gasteiger partial charge in [-0.3, -0.25) is 14.9 Å². The zero-order chi connectivity index (χ0) is 18.1. The van der Waals surface area contributed by atoms with E-state index in [4.69, 9.17) is 23.2 Å². The van der Waals surface area contributed by atoms with Gasteiger partial charge in [0.1, 0.15) is 5.60 Å². The maximum absolute atomic E-state index is 12.6. The fourth-order valence-corrected chi connectivity index (χ4v) is 4.62. The average molecular weight is 389 g/mol. The second-order valence-electron chi connectivity index (χ2n) is 6.92. The van der Waals surface area contributed by atoms with Gasteiger partial charge >= 0.3 is 0 Å². The molecule has 0 radical (unpaired) electrons. The summed E-state index contributed by atoms with van der Waals surface area (Å²) in [5.74, 6) is -0.153. The third kappa shape index (κ3) is 2.19. The van der Waals surface area contributed by atoms with E-state index in [1.807, 2.05) is 0 Å². The predicted octanol–water partition coefficient (Wildman–Crippen LogP) is 2.85. The number of nitrogens with one attached hydrogen (secondary N) is 1. The van der Waals surface area contributed by atoms with E-state index in [0.29, 0.717) is 28.7 Å². The molecule has 8 heteroatoms. The van der Waals surface area contributed by atoms with Crippen molar-refractivity contribution in [2.75, 3.05) is 13.1 Å². The average Bonchev–Trinajstić information content (AvgIpc) is 3.06. The maximum Gasteiger partial charge on any atom is 0.255 e. The molecule has 1 aromatic carbocycles. The number of amides is 1. The number of fused-ring (bicyclic) bond motifs is 2. The third-order valence-corrected chi connectivity index (χ3v) is 5.96. The van der Waals surface area contributed by atoms with Crippen LogP contribution in [0.3, 0.4) is 0 Å². The number of hydrogen-bond acceptors (Lipinski definition) is 4. The minimum atomic E-state index is -0.976. The Hall–Kier alpha value is -2.15. The quantitative estimate of drug-likeness (QED) is 0.706. The summed E-state index contributed by atoms with van der Waals surface area (Å²) in [4.78, 5) is 18.4. The van der Waals surface area contributed by atoms with E-state index in [1.165, 1.54) is 12.4 Å². The largest absolute Gasteiger partial charge is 0.384 e. The van der Waals surface area contributed by atoms with Crippen LogP contribution < -0.4 is 0 Å². The topological polar surface area (TPSA) is 82.1 Å². The van der Waals surface area contributed by atoms with Gasteiger partial charge in [-0.2, -0.15) is 5.10 Å². The van der Waals surface area contributed by atoms with Gasteiger partial charge in [0.05, 0.1) is 22.3 Å². The minimum absolute atomic E-state index is 0.0184. The Morgan fingerprint density at radius 3 is 2.65 bits per heavy atom. The number of aromatic amines is 1. The van der Waals surface area contributed by atoms with E-state index in [9.17, 15) is 9.90 Å². The van der Waals surface area contributed by atoms with E-state index in [-0.39, 0.29) is 17.7 Å². The predicted molar refractivity (Wildman–Crippen MR) is 97.1 cm³/mol. The lowest BCUT2D eigenvalue weighted by Crippen LogP contribution is -2.35. The van der Waals surface area contributed by atoms with Gasteiger partial charge in [-0.05, 0) is 23.8 Å². The van der Waals surface area contributed by atoms with Gasteiger partial charge in [0.15, 0.2) is 0 Å². The van der Waals surface area contributed by atoms with Crippen molar-refractivity contribution >= 4 is 40.0 Å². The summed E-state index contributed by atoms with van der Waals surface area (Å²) >= 11 is 12.1. The number of carbonyl (C=O) groups is 1. The SMILES string of the molecule is O=C(c1cncc(Cl)c1)N1C[C@@H]2[C@H](C1)C2(O)c1cc(Cl)cc2[nH]ncc12. The van der Waals surface area contributed by atoms with Gasteiger partial charge in [-0.1, -0.05) is 23.2 Å². The normalized spacial score (nSPS) is 27.0. The number of likely N-dealkylation sites (tertiary alicyclic amines) is 1. The Kier molecular flexibility index (Phi) is 3.35. The lowest BCUT2D eigenvalue weighted by Gasteiger charge is -2.24. The fraction of sp³-hybridized carbons (Fsp3) is 0.278. The summed E-state index contributed by atoms with van der Waals surface area (Å²) in [5.41, 5.74) is 1.06. The molecule has 5 rings (SSSR count). The van der Waals surface area contributed by atoms with Gasteiger partial charge in [0.2, 0.25) is 0 Å². The van der Waals surface area contributed by atoms with Gasteiger partial charge in [-0.25, -0.2) is 0 Å². The highest BCUT2D eigenvalue weighted by Crippen LogP contribution is 2.63. The highest BCUT2D eigenvalue weighted by atomic mass is 35.5. The van der Waals surface area contributed by atoms with Crippen LogP contribution in [0, 0.1) is 11.8 Å². The Labute approximate surface area is 158 Å². The Morgan fingerprint density at radius 2 is 1.92 bits per heavy atom. The molecule has 1 amide bonds. The number of halogens is 2. The van der Waals surface area contributed by atoms with E-state index < -0.39 is 5.60 Å². The molecule has 132 valence electrons. The van der Waals surface area contributed by atoms with Gasteiger partial charge in [0.25, 0.3) is 5.91 Å². The highest BCUT2D eigenvalue weighted by molar-refractivity contribution is 6.31. The molecule has 2 N–H and O–H groups in total. The summed E-state index contributed by atoms with van der Waals surface area (Å²) in [7, 11) is 0. The van der Waals surface area contributed by atoms with E-state index >= 15 is 0 Å². The van der Waals surface area contributed by atoms with Crippen LogP contribution in [-0.4, -0.2) is 44.2 Å². The van der Waals surface area contributed by atoms with Crippen molar-refractivity contribution in [2.45, 2.75) is 5.60 Å². The summed E-state index contributed by atoms with van der Waals surface area (Å²) in [6, 6.07) is 5.20. The number of carbonyl (C=O) groups excluding carboxylic acids is 1. The van der Waals surface area contributed by atoms with Crippen LogP contribution in [0.2, 0.25) is 10.0 Å². The minimum Gasteiger partial charge on any atom is -0.384 e. The molecule has 1 aliphatic carbocycles. The van der Waals surface area contributed by atoms with Crippen molar-refractivity contribution in [3.05, 3.63) is 58.0 Å². The molecule has 0 bridgehead atoms. The molecule has 3 heterocycles. The van der Waals surface area contributed by atoms with Crippen molar-refractivity contribution in [1.82, 2.24) is 20.1 Å². The number of nitrogens with zero attached hydrogens (tertiary/aromatic N) is 3. The van der Waals surface area contributed by atoms with Crippen molar-refractivity contribution < 1.29 is 9.90 Å². The van der Waals surface area contributed by atoms with Crippen LogP contribution in [0.25, 0.3) is 10.9 Å². The van der Waals surface area contributed by atoms with E-state index in [2.05, 4.69) is 15.2 Å². The molecule has 1 saturated heterocycles. The first-order chi connectivity index (χ1) is 12.5. The van der Waals surface area contributed by atoms with Crippen molar-refractivity contribution in [3.63, 3.8) is 0 Å². The molecule has 2 aromatic heterocycles. The molecular formula is C18H14Cl2N4O2. The fourth-order valence-electron chi connectivity index (χ4n) is 4.23. The number of aliphatic hydroxyl groups is 1. The van der Waals surface area contributed by atoms with Crippen LogP contribution in [0.5, 0.6) is 0 Å². The summed E-state index contributed by atoms with van der Waals surface area (Å²) in [6.45, 7) is 0.969. The highest BCUT2D eigenvalue weighted by Gasteiger charge is 2.69. The number of hydrogen-bond donors (Lipinski definition) is 2. The Balaban J connectivity index is 1.42. The monoisotopic (exact) mass is 388 g/mol. The molecule has 1 saturated carbocycles. The third-order valence-electron chi connectivity index (χ3n) is 5.54. The number of H-pyrrole nitrogens is 1. The van der Waals surface area contributed by atoms with Gasteiger partial charge < -0.3 is 10.0 Å². The molecule has 1 aliphatic heterocycles. The Bertz CT molecular complexity index is 1040. The number of piperidine rings is 1. The molecule has 0 spiro atoms. The van der Waals surface area contributed by atoms with Crippen LogP contribution in [0.1, 0.15) is 15.9 Å². The standard InChI is InChI=1S/C18H14Cl2N4O2/c19-10-2-13(12-6-22-23-16(12)3-10)18(26)14-7-24(8-15(14)18)17(25)9-1-11(20)5-21-4-9/h1-6,14-15,26H,7-8H2,(H,22,23)/t14-,15+,18?. The molecule has 6 nitrogen and oxygen atoms in total. The maximum atomic E-state index is 12.6. The lowest BCUT2D eigenvalue weighted by molar-refractivity contribution is 0.0610. The summed E-state index contributed by atoms with van der Waals surface area (Å²) < 4.78 is 0. The van der Waals surface area contributed by atoms with Gasteiger partial charge in [-0.15, -0.1) is 0 Å². The van der Waals surface area contributed by atoms with Crippen molar-refractivity contribution in [2.24, 2.45) is 11.8 Å². The lowest BCUT2D eigenvalue weighted by atomic mass is 9.99. The Morgan fingerprint density at radius 1 is 1.15 bits per heavy atom. The van der Waals surface area contributed by atoms with E-state index in [0.717, 1.165) is 16.5 Å². The van der Waals surface area contributed by atoms with Crippen molar-refractivity contribution in [3.8, 4) is 0 Å². The number of aromatic nitrogens is 3. The van der Waals surface area contributed by atoms with Crippen LogP contribution in [-0.2, 0) is 5.60 Å². The van der Waals surface area contributed by atoms with Crippen molar-refractivity contribution in [1.29, 1.82) is 0 Å². The second-order valence-corrected chi connectivity index (χ2v) is 7.80. The molecule has 2 aliphatic rings. The summed E-state index contributed by atoms with van der Waals surface area (Å²) in [5, 5.41) is 20.0. The molecule has 1 unspecified atom stereocenters. The van der Waals surface area contributed by atoms with Crippen LogP contribution in [0.15, 0.2) is 36.8 Å².